The summed E-state index contributed by atoms with van der Waals surface area (Å²) in [4.78, 5) is 27.3. The third-order valence-corrected chi connectivity index (χ3v) is 5.51. The van der Waals surface area contributed by atoms with Crippen LogP contribution in [0.2, 0.25) is 0 Å². The first kappa shape index (κ1) is 28.5. The summed E-state index contributed by atoms with van der Waals surface area (Å²) < 4.78 is 55.0. The van der Waals surface area contributed by atoms with Crippen LogP contribution in [0, 0.1) is 6.92 Å². The number of aryl methyl sites for hydroxylation is 2. The van der Waals surface area contributed by atoms with Crippen molar-refractivity contribution in [3.63, 3.8) is 0 Å². The molecule has 1 heterocycles. The zero-order chi connectivity index (χ0) is 27.9. The molecule has 2 N–H and O–H groups in total. The van der Waals surface area contributed by atoms with Gasteiger partial charge in [-0.2, -0.15) is 13.2 Å². The number of oxazole rings is 1. The van der Waals surface area contributed by atoms with Gasteiger partial charge >= 0.3 is 18.2 Å². The monoisotopic (exact) mass is 534 g/mol. The molecular weight excluding hydrogens is 505 g/mol. The minimum atomic E-state index is -4.42. The second kappa shape index (κ2) is 12.5. The molecular formula is C27H29F3N2O6. The Hall–Kier alpha value is -4.02. The second-order valence-electron chi connectivity index (χ2n) is 8.83. The first-order chi connectivity index (χ1) is 17.9. The highest BCUT2D eigenvalue weighted by atomic mass is 19.4. The van der Waals surface area contributed by atoms with Gasteiger partial charge in [0.05, 0.1) is 24.0 Å². The van der Waals surface area contributed by atoms with E-state index in [0.29, 0.717) is 34.8 Å². The number of alkyl halides is 3. The van der Waals surface area contributed by atoms with Crippen molar-refractivity contribution in [3.05, 3.63) is 70.6 Å². The quantitative estimate of drug-likeness (QED) is 0.313. The molecule has 1 amide bonds. The van der Waals surface area contributed by atoms with E-state index in [1.807, 2.05) is 0 Å². The number of carboxylic acid groups (broad SMARTS) is 1. The molecule has 0 saturated carbocycles. The molecule has 8 nitrogen and oxygen atoms in total. The smallest absolute Gasteiger partial charge is 0.416 e. The number of alkyl carbamates (subject to hydrolysis) is 1. The molecule has 1 aromatic heterocycles. The number of amides is 1. The van der Waals surface area contributed by atoms with Crippen molar-refractivity contribution in [2.24, 2.45) is 0 Å². The maximum absolute atomic E-state index is 12.8. The van der Waals surface area contributed by atoms with Crippen LogP contribution < -0.4 is 10.1 Å². The lowest BCUT2D eigenvalue weighted by Crippen LogP contribution is -2.26. The van der Waals surface area contributed by atoms with Gasteiger partial charge in [-0.05, 0) is 74.7 Å². The van der Waals surface area contributed by atoms with Gasteiger partial charge in [0, 0.05) is 24.9 Å². The summed E-state index contributed by atoms with van der Waals surface area (Å²) in [5.74, 6) is 0.334. The van der Waals surface area contributed by atoms with Gasteiger partial charge in [-0.25, -0.2) is 9.78 Å². The van der Waals surface area contributed by atoms with E-state index < -0.39 is 23.8 Å². The third kappa shape index (κ3) is 8.25. The number of nitrogens with one attached hydrogen (secondary N) is 1. The Morgan fingerprint density at radius 2 is 1.79 bits per heavy atom. The molecule has 0 aliphatic heterocycles. The Morgan fingerprint density at radius 1 is 1.08 bits per heavy atom. The number of halogens is 3. The number of ether oxygens (including phenoxy) is 2. The summed E-state index contributed by atoms with van der Waals surface area (Å²) in [6.45, 7) is 5.55. The molecule has 2 aromatic carbocycles. The molecule has 0 unspecified atom stereocenters. The van der Waals surface area contributed by atoms with Gasteiger partial charge in [-0.15, -0.1) is 0 Å². The van der Waals surface area contributed by atoms with Crippen molar-refractivity contribution in [1.29, 1.82) is 0 Å². The Morgan fingerprint density at radius 3 is 2.42 bits per heavy atom. The summed E-state index contributed by atoms with van der Waals surface area (Å²) in [5, 5.41) is 11.7. The number of benzene rings is 2. The SMILES string of the molecule is Cc1oc(-c2ccc(C(F)(F)F)cc2)nc1CCOc1ccc(CCC(=O)O)c(CNC(=O)OC(C)C)c1. The summed E-state index contributed by atoms with van der Waals surface area (Å²) >= 11 is 0. The highest BCUT2D eigenvalue weighted by Crippen LogP contribution is 2.31. The van der Waals surface area contributed by atoms with Crippen LogP contribution in [0.15, 0.2) is 46.9 Å². The maximum atomic E-state index is 12.8. The van der Waals surface area contributed by atoms with Gasteiger partial charge in [0.25, 0.3) is 0 Å². The standard InChI is InChI=1S/C27H29F3N2O6/c1-16(2)37-26(35)31-15-20-14-22(10-6-18(20)7-11-24(33)34)36-13-12-23-17(3)38-25(32-23)19-4-8-21(9-5-19)27(28,29)30/h4-6,8-10,14,16H,7,11-13,15H2,1-3H3,(H,31,35)(H,33,34). The Kier molecular flexibility index (Phi) is 9.38. The fourth-order valence-corrected chi connectivity index (χ4v) is 3.62. The minimum Gasteiger partial charge on any atom is -0.493 e. The minimum absolute atomic E-state index is 0.0592. The topological polar surface area (TPSA) is 111 Å². The van der Waals surface area contributed by atoms with Crippen LogP contribution in [0.5, 0.6) is 5.75 Å². The largest absolute Gasteiger partial charge is 0.493 e. The number of carbonyl (C=O) groups excluding carboxylic acids is 1. The predicted octanol–water partition coefficient (Wildman–Crippen LogP) is 5.94. The normalized spacial score (nSPS) is 11.4. The van der Waals surface area contributed by atoms with E-state index in [0.717, 1.165) is 17.7 Å². The predicted molar refractivity (Wildman–Crippen MR) is 132 cm³/mol. The molecule has 11 heteroatoms. The highest BCUT2D eigenvalue weighted by molar-refractivity contribution is 5.68. The van der Waals surface area contributed by atoms with Crippen LogP contribution >= 0.6 is 0 Å². The van der Waals surface area contributed by atoms with E-state index in [1.165, 1.54) is 12.1 Å². The summed E-state index contributed by atoms with van der Waals surface area (Å²) in [6.07, 6.45) is -4.68. The molecule has 3 rings (SSSR count). The summed E-state index contributed by atoms with van der Waals surface area (Å²) in [5.41, 5.74) is 1.75. The number of aromatic nitrogens is 1. The average Bonchev–Trinajstić information content (AvgIpc) is 3.21. The first-order valence-electron chi connectivity index (χ1n) is 12.0. The zero-order valence-corrected chi connectivity index (χ0v) is 21.2. The van der Waals surface area contributed by atoms with Crippen molar-refractivity contribution < 1.29 is 41.8 Å². The third-order valence-electron chi connectivity index (χ3n) is 5.51. The van der Waals surface area contributed by atoms with E-state index >= 15 is 0 Å². The fraction of sp³-hybridized carbons (Fsp3) is 0.370. The Labute approximate surface area is 217 Å². The molecule has 0 atom stereocenters. The molecule has 0 fully saturated rings. The van der Waals surface area contributed by atoms with Crippen LogP contribution in [0.25, 0.3) is 11.5 Å². The van der Waals surface area contributed by atoms with E-state index in [1.54, 1.807) is 39.0 Å². The molecule has 0 spiro atoms. The second-order valence-corrected chi connectivity index (χ2v) is 8.83. The van der Waals surface area contributed by atoms with Gasteiger partial charge in [0.15, 0.2) is 0 Å². The van der Waals surface area contributed by atoms with E-state index in [9.17, 15) is 22.8 Å². The molecule has 0 aliphatic carbocycles. The highest BCUT2D eigenvalue weighted by Gasteiger charge is 2.30. The van der Waals surface area contributed by atoms with Gasteiger partial charge in [-0.1, -0.05) is 6.07 Å². The zero-order valence-electron chi connectivity index (χ0n) is 21.2. The maximum Gasteiger partial charge on any atom is 0.416 e. The number of nitrogens with zero attached hydrogens (tertiary/aromatic N) is 1. The Bertz CT molecular complexity index is 1250. The van der Waals surface area contributed by atoms with Crippen LogP contribution in [0.3, 0.4) is 0 Å². The molecule has 0 radical (unpaired) electrons. The van der Waals surface area contributed by atoms with Crippen molar-refractivity contribution in [2.75, 3.05) is 6.61 Å². The average molecular weight is 535 g/mol. The number of rotatable bonds is 11. The number of hydrogen-bond donors (Lipinski definition) is 2. The Balaban J connectivity index is 1.65. The lowest BCUT2D eigenvalue weighted by atomic mass is 10.0. The van der Waals surface area contributed by atoms with Crippen LogP contribution in [-0.4, -0.2) is 34.9 Å². The molecule has 38 heavy (non-hydrogen) atoms. The van der Waals surface area contributed by atoms with Gasteiger partial charge < -0.3 is 24.3 Å². The lowest BCUT2D eigenvalue weighted by Gasteiger charge is -2.14. The fourth-order valence-electron chi connectivity index (χ4n) is 3.62. The van der Waals surface area contributed by atoms with Crippen LogP contribution in [0.1, 0.15) is 48.4 Å². The van der Waals surface area contributed by atoms with Gasteiger partial charge in [0.1, 0.15) is 11.5 Å². The number of aliphatic carboxylic acids is 1. The lowest BCUT2D eigenvalue weighted by molar-refractivity contribution is -0.138. The van der Waals surface area contributed by atoms with Crippen LogP contribution in [-0.2, 0) is 35.1 Å². The summed E-state index contributed by atoms with van der Waals surface area (Å²) in [6, 6.07) is 9.79. The van der Waals surface area contributed by atoms with E-state index in [2.05, 4.69) is 10.3 Å². The molecule has 0 bridgehead atoms. The van der Waals surface area contributed by atoms with Crippen molar-refractivity contribution >= 4 is 12.1 Å². The molecule has 0 saturated heterocycles. The van der Waals surface area contributed by atoms with E-state index in [-0.39, 0.29) is 38.0 Å². The summed E-state index contributed by atoms with van der Waals surface area (Å²) in [7, 11) is 0. The first-order valence-corrected chi connectivity index (χ1v) is 12.0. The van der Waals surface area contributed by atoms with Gasteiger partial charge in [0.2, 0.25) is 5.89 Å². The molecule has 204 valence electrons. The number of carbonyl (C=O) groups is 2. The number of carboxylic acids is 1. The van der Waals surface area contributed by atoms with Crippen LogP contribution in [0.4, 0.5) is 18.0 Å². The van der Waals surface area contributed by atoms with Crippen molar-refractivity contribution in [2.45, 2.75) is 58.9 Å². The van der Waals surface area contributed by atoms with Crippen molar-refractivity contribution in [1.82, 2.24) is 10.3 Å². The molecule has 0 aliphatic rings. The van der Waals surface area contributed by atoms with Gasteiger partial charge in [-0.3, -0.25) is 4.79 Å². The molecule has 3 aromatic rings. The van der Waals surface area contributed by atoms with E-state index in [4.69, 9.17) is 19.0 Å². The van der Waals surface area contributed by atoms with Crippen molar-refractivity contribution in [3.8, 4) is 17.2 Å². The number of hydrogen-bond acceptors (Lipinski definition) is 6.